The molecular formula is C22H16BrClN4O3. The number of halogens is 2. The largest absolute Gasteiger partial charge is 0.335 e. The van der Waals surface area contributed by atoms with Crippen molar-refractivity contribution in [1.29, 1.82) is 0 Å². The van der Waals surface area contributed by atoms with Crippen LogP contribution in [0.4, 0.5) is 10.5 Å². The van der Waals surface area contributed by atoms with Gasteiger partial charge < -0.3 is 0 Å². The molecule has 1 N–H and O–H groups in total. The molecule has 1 aliphatic heterocycles. The van der Waals surface area contributed by atoms with Gasteiger partial charge in [-0.3, -0.25) is 14.9 Å². The van der Waals surface area contributed by atoms with Crippen molar-refractivity contribution in [2.24, 2.45) is 0 Å². The first kappa shape index (κ1) is 21.0. The molecule has 0 bridgehead atoms. The minimum absolute atomic E-state index is 0.207. The summed E-state index contributed by atoms with van der Waals surface area (Å²) >= 11 is 9.93. The van der Waals surface area contributed by atoms with Gasteiger partial charge in [0, 0.05) is 10.0 Å². The van der Waals surface area contributed by atoms with Crippen molar-refractivity contribution in [3.63, 3.8) is 0 Å². The molecule has 0 spiro atoms. The van der Waals surface area contributed by atoms with Gasteiger partial charge in [0.15, 0.2) is 0 Å². The summed E-state index contributed by atoms with van der Waals surface area (Å²) in [6, 6.07) is 13.5. The van der Waals surface area contributed by atoms with E-state index in [1.807, 2.05) is 37.3 Å². The molecule has 3 aromatic rings. The van der Waals surface area contributed by atoms with Gasteiger partial charge in [0.2, 0.25) is 0 Å². The highest BCUT2D eigenvalue weighted by atomic mass is 79.9. The summed E-state index contributed by atoms with van der Waals surface area (Å²) < 4.78 is 2.42. The normalized spacial score (nSPS) is 15.5. The lowest BCUT2D eigenvalue weighted by molar-refractivity contribution is -0.122. The number of anilines is 1. The van der Waals surface area contributed by atoms with Gasteiger partial charge in [-0.05, 0) is 61.9 Å². The molecule has 156 valence electrons. The number of aryl methyl sites for hydroxylation is 2. The first-order valence-corrected chi connectivity index (χ1v) is 10.4. The standard InChI is InChI=1S/C22H16BrClN4O3/c1-12-4-3-5-16(10-12)27-21(30)18(20(29)25-22(27)31)11-17-13(2)26-28(19(17)24)15-8-6-14(23)7-9-15/h3-11H,1-2H3,(H,25,29,31). The van der Waals surface area contributed by atoms with Gasteiger partial charge in [-0.15, -0.1) is 0 Å². The third kappa shape index (κ3) is 3.92. The molecule has 7 nitrogen and oxygen atoms in total. The first-order valence-electron chi connectivity index (χ1n) is 9.25. The molecule has 9 heteroatoms. The predicted octanol–water partition coefficient (Wildman–Crippen LogP) is 4.57. The number of urea groups is 1. The Morgan fingerprint density at radius 1 is 1.03 bits per heavy atom. The molecule has 1 saturated heterocycles. The van der Waals surface area contributed by atoms with Crippen LogP contribution < -0.4 is 10.2 Å². The summed E-state index contributed by atoms with van der Waals surface area (Å²) in [5.74, 6) is -1.52. The molecule has 1 aromatic heterocycles. The number of hydrogen-bond acceptors (Lipinski definition) is 4. The number of benzene rings is 2. The lowest BCUT2D eigenvalue weighted by Gasteiger charge is -2.26. The first-order chi connectivity index (χ1) is 14.8. The Balaban J connectivity index is 1.77. The number of rotatable bonds is 3. The molecule has 31 heavy (non-hydrogen) atoms. The van der Waals surface area contributed by atoms with Gasteiger partial charge in [-0.25, -0.2) is 14.4 Å². The van der Waals surface area contributed by atoms with E-state index in [4.69, 9.17) is 11.6 Å². The van der Waals surface area contributed by atoms with Crippen molar-refractivity contribution in [3.05, 3.63) is 80.6 Å². The Morgan fingerprint density at radius 2 is 1.74 bits per heavy atom. The zero-order valence-corrected chi connectivity index (χ0v) is 18.9. The summed E-state index contributed by atoms with van der Waals surface area (Å²) in [6.07, 6.45) is 1.37. The maximum Gasteiger partial charge on any atom is 0.335 e. The minimum Gasteiger partial charge on any atom is -0.273 e. The number of nitrogens with zero attached hydrogens (tertiary/aromatic N) is 3. The van der Waals surface area contributed by atoms with Crippen LogP contribution >= 0.6 is 27.5 Å². The van der Waals surface area contributed by atoms with E-state index in [0.717, 1.165) is 20.6 Å². The van der Waals surface area contributed by atoms with Crippen LogP contribution in [0.3, 0.4) is 0 Å². The van der Waals surface area contributed by atoms with Crippen LogP contribution in [-0.4, -0.2) is 27.6 Å². The fourth-order valence-electron chi connectivity index (χ4n) is 3.23. The fraction of sp³-hybridized carbons (Fsp3) is 0.0909. The van der Waals surface area contributed by atoms with Crippen LogP contribution in [-0.2, 0) is 9.59 Å². The summed E-state index contributed by atoms with van der Waals surface area (Å²) in [5, 5.41) is 6.89. The predicted molar refractivity (Wildman–Crippen MR) is 121 cm³/mol. The molecule has 0 saturated carbocycles. The highest BCUT2D eigenvalue weighted by Gasteiger charge is 2.37. The summed E-state index contributed by atoms with van der Waals surface area (Å²) in [7, 11) is 0. The summed E-state index contributed by atoms with van der Waals surface area (Å²) in [6.45, 7) is 3.57. The maximum atomic E-state index is 13.1. The number of amides is 4. The van der Waals surface area contributed by atoms with Gasteiger partial charge >= 0.3 is 6.03 Å². The lowest BCUT2D eigenvalue weighted by Crippen LogP contribution is -2.54. The highest BCUT2D eigenvalue weighted by molar-refractivity contribution is 9.10. The van der Waals surface area contributed by atoms with Gasteiger partial charge in [0.1, 0.15) is 10.7 Å². The van der Waals surface area contributed by atoms with Crippen molar-refractivity contribution < 1.29 is 14.4 Å². The number of carbonyl (C=O) groups is 3. The third-order valence-electron chi connectivity index (χ3n) is 4.77. The van der Waals surface area contributed by atoms with E-state index >= 15 is 0 Å². The average Bonchev–Trinajstić information content (AvgIpc) is 2.99. The topological polar surface area (TPSA) is 84.3 Å². The molecule has 1 aliphatic rings. The molecule has 4 amide bonds. The van der Waals surface area contributed by atoms with Crippen LogP contribution in [0.25, 0.3) is 11.8 Å². The van der Waals surface area contributed by atoms with E-state index in [0.29, 0.717) is 16.9 Å². The zero-order valence-electron chi connectivity index (χ0n) is 16.5. The second-order valence-corrected chi connectivity index (χ2v) is 8.25. The molecule has 0 aliphatic carbocycles. The van der Waals surface area contributed by atoms with E-state index in [1.54, 1.807) is 25.1 Å². The molecule has 0 unspecified atom stereocenters. The van der Waals surface area contributed by atoms with Crippen LogP contribution in [0.15, 0.2) is 58.6 Å². The van der Waals surface area contributed by atoms with Crippen molar-refractivity contribution >= 4 is 57.1 Å². The number of barbiturate groups is 1. The Morgan fingerprint density at radius 3 is 2.42 bits per heavy atom. The van der Waals surface area contributed by atoms with Crippen LogP contribution in [0.5, 0.6) is 0 Å². The van der Waals surface area contributed by atoms with E-state index < -0.39 is 17.8 Å². The molecule has 0 radical (unpaired) electrons. The smallest absolute Gasteiger partial charge is 0.273 e. The van der Waals surface area contributed by atoms with E-state index in [9.17, 15) is 14.4 Å². The number of nitrogens with one attached hydrogen (secondary N) is 1. The number of carbonyl (C=O) groups excluding carboxylic acids is 3. The summed E-state index contributed by atoms with van der Waals surface area (Å²) in [4.78, 5) is 38.9. The van der Waals surface area contributed by atoms with E-state index in [1.165, 1.54) is 10.8 Å². The molecular weight excluding hydrogens is 484 g/mol. The van der Waals surface area contributed by atoms with Crippen LogP contribution in [0.2, 0.25) is 5.15 Å². The van der Waals surface area contributed by atoms with Crippen molar-refractivity contribution in [2.75, 3.05) is 4.90 Å². The number of aromatic nitrogens is 2. The average molecular weight is 500 g/mol. The zero-order chi connectivity index (χ0) is 22.3. The van der Waals surface area contributed by atoms with Crippen LogP contribution in [0.1, 0.15) is 16.8 Å². The molecule has 2 heterocycles. The van der Waals surface area contributed by atoms with Gasteiger partial charge in [-0.1, -0.05) is 39.7 Å². The number of imide groups is 2. The second-order valence-electron chi connectivity index (χ2n) is 6.97. The SMILES string of the molecule is Cc1cccc(N2C(=O)NC(=O)C(=Cc3c(C)nn(-c4ccc(Br)cc4)c3Cl)C2=O)c1. The lowest BCUT2D eigenvalue weighted by atomic mass is 10.1. The van der Waals surface area contributed by atoms with Gasteiger partial charge in [0.25, 0.3) is 11.8 Å². The van der Waals surface area contributed by atoms with Crippen molar-refractivity contribution in [2.45, 2.75) is 13.8 Å². The monoisotopic (exact) mass is 498 g/mol. The Hall–Kier alpha value is -3.23. The van der Waals surface area contributed by atoms with E-state index in [-0.39, 0.29) is 10.7 Å². The second kappa shape index (κ2) is 8.13. The van der Waals surface area contributed by atoms with Gasteiger partial charge in [-0.2, -0.15) is 5.10 Å². The third-order valence-corrected chi connectivity index (χ3v) is 5.66. The quantitative estimate of drug-likeness (QED) is 0.423. The Labute approximate surface area is 191 Å². The van der Waals surface area contributed by atoms with Crippen LogP contribution in [0, 0.1) is 13.8 Å². The Kier molecular flexibility index (Phi) is 5.51. The molecule has 2 aromatic carbocycles. The Bertz CT molecular complexity index is 1260. The molecule has 4 rings (SSSR count). The van der Waals surface area contributed by atoms with E-state index in [2.05, 4.69) is 26.3 Å². The highest BCUT2D eigenvalue weighted by Crippen LogP contribution is 2.28. The molecule has 0 atom stereocenters. The van der Waals surface area contributed by atoms with Gasteiger partial charge in [0.05, 0.1) is 17.1 Å². The maximum absolute atomic E-state index is 13.1. The minimum atomic E-state index is -0.800. The number of hydrogen-bond donors (Lipinski definition) is 1. The fourth-order valence-corrected chi connectivity index (χ4v) is 3.82. The molecule has 1 fully saturated rings. The summed E-state index contributed by atoms with van der Waals surface area (Å²) in [5.41, 5.74) is 2.70. The van der Waals surface area contributed by atoms with Crippen molar-refractivity contribution in [1.82, 2.24) is 15.1 Å². The van der Waals surface area contributed by atoms with Crippen molar-refractivity contribution in [3.8, 4) is 5.69 Å².